The third-order valence-electron chi connectivity index (χ3n) is 5.00. The molecule has 158 valence electrons. The summed E-state index contributed by atoms with van der Waals surface area (Å²) >= 11 is 0. The highest BCUT2D eigenvalue weighted by Gasteiger charge is 2.31. The lowest BCUT2D eigenvalue weighted by molar-refractivity contribution is 0.124. The van der Waals surface area contributed by atoms with Gasteiger partial charge in [-0.15, -0.1) is 0 Å². The van der Waals surface area contributed by atoms with Crippen LogP contribution in [0.3, 0.4) is 0 Å². The van der Waals surface area contributed by atoms with Crippen molar-refractivity contribution in [3.63, 3.8) is 0 Å². The Kier molecular flexibility index (Phi) is 5.33. The molecule has 2 unspecified atom stereocenters. The first-order valence-electron chi connectivity index (χ1n) is 9.33. The highest BCUT2D eigenvalue weighted by molar-refractivity contribution is 7.89. The van der Waals surface area contributed by atoms with Crippen molar-refractivity contribution in [2.24, 2.45) is 0 Å². The monoisotopic (exact) mass is 430 g/mol. The number of nitrogens with one attached hydrogen (secondary N) is 1. The molecule has 1 aliphatic rings. The van der Waals surface area contributed by atoms with Crippen LogP contribution in [0, 0.1) is 13.8 Å². The number of sulfonamides is 1. The van der Waals surface area contributed by atoms with E-state index in [4.69, 9.17) is 15.0 Å². The second-order valence-electron chi connectivity index (χ2n) is 7.30. The van der Waals surface area contributed by atoms with Crippen LogP contribution in [0.1, 0.15) is 11.3 Å². The Morgan fingerprint density at radius 2 is 1.97 bits per heavy atom. The highest BCUT2D eigenvalue weighted by atomic mass is 32.2. The van der Waals surface area contributed by atoms with Crippen molar-refractivity contribution in [1.29, 1.82) is 0 Å². The summed E-state index contributed by atoms with van der Waals surface area (Å²) < 4.78 is 38.6. The van der Waals surface area contributed by atoms with Crippen LogP contribution < -0.4 is 10.5 Å². The average Bonchev–Trinajstić information content (AvgIpc) is 3.30. The molecule has 0 bridgehead atoms. The van der Waals surface area contributed by atoms with Crippen LogP contribution in [0.2, 0.25) is 0 Å². The smallest absolute Gasteiger partial charge is 0.241 e. The van der Waals surface area contributed by atoms with Crippen LogP contribution in [0.15, 0.2) is 45.9 Å². The third kappa shape index (κ3) is 3.94. The average molecular weight is 430 g/mol. The van der Waals surface area contributed by atoms with Gasteiger partial charge in [0.1, 0.15) is 5.82 Å². The van der Waals surface area contributed by atoms with Crippen LogP contribution in [-0.2, 0) is 14.8 Å². The molecule has 0 aliphatic carbocycles. The SMILES string of the molecule is Cc1cc(-c2cc(-c3cc(S(=O)(=O)NC4COCC4O)ccc3C)cnc2N)on1. The van der Waals surface area contributed by atoms with Gasteiger partial charge in [0.05, 0.1) is 41.5 Å². The number of aliphatic hydroxyl groups excluding tert-OH is 1. The minimum Gasteiger partial charge on any atom is -0.389 e. The largest absolute Gasteiger partial charge is 0.389 e. The summed E-state index contributed by atoms with van der Waals surface area (Å²) in [5, 5.41) is 13.7. The van der Waals surface area contributed by atoms with Crippen LogP contribution in [0.4, 0.5) is 5.82 Å². The van der Waals surface area contributed by atoms with E-state index in [1.165, 1.54) is 6.07 Å². The maximum absolute atomic E-state index is 12.8. The van der Waals surface area contributed by atoms with Gasteiger partial charge in [0, 0.05) is 17.8 Å². The summed E-state index contributed by atoms with van der Waals surface area (Å²) in [5.74, 6) is 0.769. The van der Waals surface area contributed by atoms with Gasteiger partial charge >= 0.3 is 0 Å². The predicted molar refractivity (Wildman–Crippen MR) is 110 cm³/mol. The van der Waals surface area contributed by atoms with Gasteiger partial charge in [-0.2, -0.15) is 0 Å². The fourth-order valence-electron chi connectivity index (χ4n) is 3.31. The van der Waals surface area contributed by atoms with E-state index in [1.807, 2.05) is 6.92 Å². The molecule has 1 fully saturated rings. The van der Waals surface area contributed by atoms with Gasteiger partial charge in [0.25, 0.3) is 0 Å². The summed E-state index contributed by atoms with van der Waals surface area (Å²) in [5.41, 5.74) is 9.53. The molecule has 0 radical (unpaired) electrons. The van der Waals surface area contributed by atoms with Gasteiger partial charge in [-0.3, -0.25) is 0 Å². The van der Waals surface area contributed by atoms with Crippen molar-refractivity contribution in [3.8, 4) is 22.5 Å². The van der Waals surface area contributed by atoms with E-state index in [0.717, 1.165) is 5.56 Å². The molecular formula is C20H22N4O5S. The van der Waals surface area contributed by atoms with Crippen molar-refractivity contribution >= 4 is 15.8 Å². The standard InChI is InChI=1S/C20H22N4O5S/c1-11-3-4-14(30(26,27)24-17-9-28-10-18(17)25)7-15(11)13-6-16(20(21)22-8-13)19-5-12(2)23-29-19/h3-8,17-18,24-25H,9-10H2,1-2H3,(H2,21,22). The quantitative estimate of drug-likeness (QED) is 0.555. The van der Waals surface area contributed by atoms with Crippen LogP contribution in [0.25, 0.3) is 22.5 Å². The van der Waals surface area contributed by atoms with E-state index in [1.54, 1.807) is 37.4 Å². The molecule has 30 heavy (non-hydrogen) atoms. The van der Waals surface area contributed by atoms with Crippen molar-refractivity contribution in [2.75, 3.05) is 18.9 Å². The lowest BCUT2D eigenvalue weighted by Crippen LogP contribution is -2.42. The molecule has 10 heteroatoms. The number of nitrogens with zero attached hydrogens (tertiary/aromatic N) is 2. The van der Waals surface area contributed by atoms with Crippen LogP contribution >= 0.6 is 0 Å². The lowest BCUT2D eigenvalue weighted by Gasteiger charge is -2.16. The van der Waals surface area contributed by atoms with Gasteiger partial charge in [-0.1, -0.05) is 11.2 Å². The molecule has 2 aromatic heterocycles. The molecule has 1 aromatic carbocycles. The van der Waals surface area contributed by atoms with Crippen molar-refractivity contribution < 1.29 is 22.8 Å². The zero-order chi connectivity index (χ0) is 21.5. The molecule has 3 heterocycles. The molecule has 0 spiro atoms. The molecule has 2 atom stereocenters. The number of anilines is 1. The topological polar surface area (TPSA) is 141 Å². The Labute approximate surface area is 173 Å². The molecule has 1 saturated heterocycles. The summed E-state index contributed by atoms with van der Waals surface area (Å²) in [4.78, 5) is 4.32. The Hall–Kier alpha value is -2.79. The van der Waals surface area contributed by atoms with Gasteiger partial charge in [0.2, 0.25) is 10.0 Å². The number of nitrogen functional groups attached to an aromatic ring is 1. The summed E-state index contributed by atoms with van der Waals surface area (Å²) in [6, 6.07) is 7.68. The zero-order valence-corrected chi connectivity index (χ0v) is 17.3. The van der Waals surface area contributed by atoms with E-state index in [2.05, 4.69) is 14.9 Å². The first-order valence-corrected chi connectivity index (χ1v) is 10.8. The lowest BCUT2D eigenvalue weighted by atomic mass is 10.00. The second-order valence-corrected chi connectivity index (χ2v) is 9.01. The third-order valence-corrected chi connectivity index (χ3v) is 6.49. The van der Waals surface area contributed by atoms with Gasteiger partial charge in [-0.05, 0) is 43.2 Å². The fourth-order valence-corrected chi connectivity index (χ4v) is 4.59. The van der Waals surface area contributed by atoms with E-state index in [0.29, 0.717) is 28.1 Å². The van der Waals surface area contributed by atoms with Crippen molar-refractivity contribution in [2.45, 2.75) is 30.9 Å². The molecule has 9 nitrogen and oxygen atoms in total. The molecule has 4 rings (SSSR count). The van der Waals surface area contributed by atoms with Gasteiger partial charge < -0.3 is 20.1 Å². The number of hydrogen-bond acceptors (Lipinski definition) is 8. The number of hydrogen-bond donors (Lipinski definition) is 3. The van der Waals surface area contributed by atoms with Crippen molar-refractivity contribution in [1.82, 2.24) is 14.9 Å². The maximum atomic E-state index is 12.8. The van der Waals surface area contributed by atoms with Crippen molar-refractivity contribution in [3.05, 3.63) is 47.8 Å². The maximum Gasteiger partial charge on any atom is 0.241 e. The number of aromatic nitrogens is 2. The van der Waals surface area contributed by atoms with E-state index in [9.17, 15) is 13.5 Å². The highest BCUT2D eigenvalue weighted by Crippen LogP contribution is 2.32. The fraction of sp³-hybridized carbons (Fsp3) is 0.300. The first-order chi connectivity index (χ1) is 14.2. The summed E-state index contributed by atoms with van der Waals surface area (Å²) in [6.07, 6.45) is 0.710. The summed E-state index contributed by atoms with van der Waals surface area (Å²) in [7, 11) is -3.85. The van der Waals surface area contributed by atoms with E-state index < -0.39 is 22.2 Å². The predicted octanol–water partition coefficient (Wildman–Crippen LogP) is 1.64. The Morgan fingerprint density at radius 3 is 2.63 bits per heavy atom. The van der Waals surface area contributed by atoms with E-state index >= 15 is 0 Å². The van der Waals surface area contributed by atoms with E-state index in [-0.39, 0.29) is 23.9 Å². The zero-order valence-electron chi connectivity index (χ0n) is 16.5. The molecule has 0 saturated carbocycles. The number of aliphatic hydroxyl groups is 1. The Bertz CT molecular complexity index is 1190. The molecular weight excluding hydrogens is 408 g/mol. The van der Waals surface area contributed by atoms with Crippen LogP contribution in [0.5, 0.6) is 0 Å². The summed E-state index contributed by atoms with van der Waals surface area (Å²) in [6.45, 7) is 3.91. The molecule has 0 amide bonds. The number of nitrogens with two attached hydrogens (primary N) is 1. The number of ether oxygens (including phenoxy) is 1. The minimum absolute atomic E-state index is 0.0797. The molecule has 4 N–H and O–H groups in total. The molecule has 1 aliphatic heterocycles. The van der Waals surface area contributed by atoms with Gasteiger partial charge in [0.15, 0.2) is 5.76 Å². The number of rotatable bonds is 5. The second kappa shape index (κ2) is 7.80. The number of aryl methyl sites for hydroxylation is 2. The van der Waals surface area contributed by atoms with Crippen LogP contribution in [-0.4, -0.2) is 49.0 Å². The normalized spacial score (nSPS) is 19.3. The molecule has 3 aromatic rings. The Balaban J connectivity index is 1.72. The minimum atomic E-state index is -3.85. The first kappa shape index (κ1) is 20.5. The Morgan fingerprint density at radius 1 is 1.17 bits per heavy atom. The van der Waals surface area contributed by atoms with Gasteiger partial charge in [-0.25, -0.2) is 18.1 Å². The number of benzene rings is 1. The number of pyridine rings is 1.